The lowest BCUT2D eigenvalue weighted by Gasteiger charge is -2.15. The van der Waals surface area contributed by atoms with Crippen LogP contribution in [0.3, 0.4) is 0 Å². The minimum Gasteiger partial charge on any atom is -0.454 e. The van der Waals surface area contributed by atoms with E-state index in [2.05, 4.69) is 5.32 Å². The van der Waals surface area contributed by atoms with Crippen LogP contribution in [0.1, 0.15) is 19.4 Å². The highest BCUT2D eigenvalue weighted by molar-refractivity contribution is 6.32. The third-order valence-corrected chi connectivity index (χ3v) is 2.56. The van der Waals surface area contributed by atoms with Gasteiger partial charge >= 0.3 is 11.9 Å². The summed E-state index contributed by atoms with van der Waals surface area (Å²) in [5, 5.41) is 2.32. The highest BCUT2D eigenvalue weighted by Crippen LogP contribution is 2.02. The number of carbonyl (C=O) groups is 3. The fraction of sp³-hybridized carbons (Fsp3) is 0.357. The van der Waals surface area contributed by atoms with E-state index in [1.807, 2.05) is 18.2 Å². The lowest BCUT2D eigenvalue weighted by molar-refractivity contribution is -0.156. The first-order valence-electron chi connectivity index (χ1n) is 6.01. The average Bonchev–Trinajstić information content (AvgIpc) is 2.42. The maximum Gasteiger partial charge on any atom is 0.397 e. The molecule has 0 aliphatic rings. The smallest absolute Gasteiger partial charge is 0.397 e. The number of benzene rings is 1. The molecule has 1 aromatic rings. The number of ether oxygens (including phenoxy) is 1. The maximum atomic E-state index is 11.5. The van der Waals surface area contributed by atoms with Crippen molar-refractivity contribution in [1.82, 2.24) is 5.32 Å². The summed E-state index contributed by atoms with van der Waals surface area (Å²) in [6, 6.07) is 8.35. The highest BCUT2D eigenvalue weighted by Gasteiger charge is 2.21. The Morgan fingerprint density at radius 1 is 1.26 bits per heavy atom. The van der Waals surface area contributed by atoms with Crippen LogP contribution < -0.4 is 5.32 Å². The van der Waals surface area contributed by atoms with Gasteiger partial charge in [0.05, 0.1) is 6.04 Å². The first-order valence-corrected chi connectivity index (χ1v) is 6.01. The van der Waals surface area contributed by atoms with Gasteiger partial charge in [-0.15, -0.1) is 0 Å². The topological polar surface area (TPSA) is 72.5 Å². The van der Waals surface area contributed by atoms with Crippen molar-refractivity contribution in [3.8, 4) is 0 Å². The number of esters is 1. The van der Waals surface area contributed by atoms with E-state index in [1.165, 1.54) is 0 Å². The van der Waals surface area contributed by atoms with Crippen molar-refractivity contribution >= 4 is 18.2 Å². The molecule has 1 amide bonds. The molecule has 0 aliphatic heterocycles. The van der Waals surface area contributed by atoms with Crippen molar-refractivity contribution in [3.63, 3.8) is 0 Å². The second-order valence-electron chi connectivity index (χ2n) is 4.44. The molecule has 0 saturated carbocycles. The van der Waals surface area contributed by atoms with E-state index in [1.54, 1.807) is 26.0 Å². The van der Waals surface area contributed by atoms with E-state index >= 15 is 0 Å². The zero-order valence-corrected chi connectivity index (χ0v) is 11.0. The second kappa shape index (κ2) is 7.31. The Balaban J connectivity index is 2.45. The summed E-state index contributed by atoms with van der Waals surface area (Å²) in [6.07, 6.45) is 0.604. The number of amides is 1. The van der Waals surface area contributed by atoms with Gasteiger partial charge < -0.3 is 14.8 Å². The summed E-state index contributed by atoms with van der Waals surface area (Å²) in [7, 11) is 0. The Kier molecular flexibility index (Phi) is 5.73. The van der Waals surface area contributed by atoms with Crippen molar-refractivity contribution in [3.05, 3.63) is 35.9 Å². The lowest BCUT2D eigenvalue weighted by atomic mass is 10.1. The Morgan fingerprint density at radius 3 is 2.42 bits per heavy atom. The number of aldehydes is 1. The van der Waals surface area contributed by atoms with Crippen molar-refractivity contribution in [2.75, 3.05) is 0 Å². The molecule has 0 saturated heterocycles. The molecule has 0 fully saturated rings. The fourth-order valence-electron chi connectivity index (χ4n) is 1.36. The molecule has 0 heterocycles. The van der Waals surface area contributed by atoms with Crippen molar-refractivity contribution in [1.29, 1.82) is 0 Å². The molecule has 0 unspecified atom stereocenters. The van der Waals surface area contributed by atoms with Gasteiger partial charge in [0.2, 0.25) is 0 Å². The quantitative estimate of drug-likeness (QED) is 0.490. The number of rotatable bonds is 5. The van der Waals surface area contributed by atoms with Crippen LogP contribution in [0, 0.1) is 5.92 Å². The molecule has 1 atom stereocenters. The Hall–Kier alpha value is -2.17. The standard InChI is InChI=1S/C14H17NO4/c1-10(2)12(8-16)15-13(17)14(18)19-9-11-6-4-3-5-7-11/h3-8,10,12H,9H2,1-2H3,(H,15,17)/t12-/m1/s1. The first-order chi connectivity index (χ1) is 9.04. The Labute approximate surface area is 111 Å². The van der Waals surface area contributed by atoms with Gasteiger partial charge in [0.15, 0.2) is 0 Å². The van der Waals surface area contributed by atoms with Gasteiger partial charge in [-0.3, -0.25) is 4.79 Å². The van der Waals surface area contributed by atoms with E-state index in [0.29, 0.717) is 6.29 Å². The molecule has 1 N–H and O–H groups in total. The van der Waals surface area contributed by atoms with Crippen LogP contribution in [0.4, 0.5) is 0 Å². The monoisotopic (exact) mass is 263 g/mol. The molecular weight excluding hydrogens is 246 g/mol. The normalized spacial score (nSPS) is 11.7. The van der Waals surface area contributed by atoms with Gasteiger partial charge in [-0.25, -0.2) is 4.79 Å². The summed E-state index contributed by atoms with van der Waals surface area (Å²) in [6.45, 7) is 3.57. The molecule has 0 spiro atoms. The van der Waals surface area contributed by atoms with E-state index in [0.717, 1.165) is 5.56 Å². The van der Waals surface area contributed by atoms with E-state index < -0.39 is 17.9 Å². The molecule has 1 aromatic carbocycles. The predicted octanol–water partition coefficient (Wildman–Crippen LogP) is 1.07. The van der Waals surface area contributed by atoms with Gasteiger partial charge in [-0.1, -0.05) is 44.2 Å². The molecular formula is C14H17NO4. The highest BCUT2D eigenvalue weighted by atomic mass is 16.5. The Bertz CT molecular complexity index is 442. The largest absolute Gasteiger partial charge is 0.454 e. The SMILES string of the molecule is CC(C)[C@@H](C=O)NC(=O)C(=O)OCc1ccccc1. The summed E-state index contributed by atoms with van der Waals surface area (Å²) >= 11 is 0. The third kappa shape index (κ3) is 4.91. The number of hydrogen-bond donors (Lipinski definition) is 1. The van der Waals surface area contributed by atoms with E-state index in [4.69, 9.17) is 4.74 Å². The first kappa shape index (κ1) is 14.9. The summed E-state index contributed by atoms with van der Waals surface area (Å²) in [5.74, 6) is -1.97. The molecule has 0 aromatic heterocycles. The minimum atomic E-state index is -0.989. The predicted molar refractivity (Wildman–Crippen MR) is 69.1 cm³/mol. The second-order valence-corrected chi connectivity index (χ2v) is 4.44. The van der Waals surface area contributed by atoms with E-state index in [-0.39, 0.29) is 12.5 Å². The van der Waals surface area contributed by atoms with Crippen molar-refractivity contribution in [2.24, 2.45) is 5.92 Å². The van der Waals surface area contributed by atoms with Gasteiger partial charge in [0.1, 0.15) is 12.9 Å². The molecule has 102 valence electrons. The third-order valence-electron chi connectivity index (χ3n) is 2.56. The summed E-state index contributed by atoms with van der Waals surface area (Å²) in [4.78, 5) is 33.7. The van der Waals surface area contributed by atoms with E-state index in [9.17, 15) is 14.4 Å². The van der Waals surface area contributed by atoms with Crippen LogP contribution >= 0.6 is 0 Å². The van der Waals surface area contributed by atoms with Crippen LogP contribution in [0.15, 0.2) is 30.3 Å². The maximum absolute atomic E-state index is 11.5. The molecule has 0 aliphatic carbocycles. The van der Waals surface area contributed by atoms with Crippen molar-refractivity contribution in [2.45, 2.75) is 26.5 Å². The Morgan fingerprint density at radius 2 is 1.89 bits per heavy atom. The summed E-state index contributed by atoms with van der Waals surface area (Å²) in [5.41, 5.74) is 0.791. The van der Waals surface area contributed by atoms with Gasteiger partial charge in [0.25, 0.3) is 0 Å². The van der Waals surface area contributed by atoms with Gasteiger partial charge in [0, 0.05) is 0 Å². The van der Waals surface area contributed by atoms with Crippen LogP contribution in [-0.2, 0) is 25.7 Å². The molecule has 5 nitrogen and oxygen atoms in total. The van der Waals surface area contributed by atoms with Crippen LogP contribution in [0.5, 0.6) is 0 Å². The number of carbonyl (C=O) groups excluding carboxylic acids is 3. The molecule has 5 heteroatoms. The van der Waals surface area contributed by atoms with Crippen LogP contribution in [-0.4, -0.2) is 24.2 Å². The van der Waals surface area contributed by atoms with Crippen LogP contribution in [0.25, 0.3) is 0 Å². The molecule has 0 bridgehead atoms. The van der Waals surface area contributed by atoms with Crippen LogP contribution in [0.2, 0.25) is 0 Å². The zero-order chi connectivity index (χ0) is 14.3. The number of nitrogens with one attached hydrogen (secondary N) is 1. The van der Waals surface area contributed by atoms with Gasteiger partial charge in [-0.05, 0) is 11.5 Å². The zero-order valence-electron chi connectivity index (χ0n) is 11.0. The molecule has 0 radical (unpaired) electrons. The number of hydrogen-bond acceptors (Lipinski definition) is 4. The minimum absolute atomic E-state index is 0.0283. The lowest BCUT2D eigenvalue weighted by Crippen LogP contribution is -2.43. The molecule has 1 rings (SSSR count). The summed E-state index contributed by atoms with van der Waals surface area (Å²) < 4.78 is 4.85. The molecule has 19 heavy (non-hydrogen) atoms. The van der Waals surface area contributed by atoms with Crippen molar-refractivity contribution < 1.29 is 19.1 Å². The van der Waals surface area contributed by atoms with Gasteiger partial charge in [-0.2, -0.15) is 0 Å². The fourth-order valence-corrected chi connectivity index (χ4v) is 1.36. The average molecular weight is 263 g/mol.